The van der Waals surface area contributed by atoms with E-state index in [0.717, 1.165) is 23.7 Å². The van der Waals surface area contributed by atoms with Gasteiger partial charge in [-0.25, -0.2) is 0 Å². The largest absolute Gasteiger partial charge is 0.353 e. The summed E-state index contributed by atoms with van der Waals surface area (Å²) in [6.45, 7) is 4.37. The number of carbonyl (C=O) groups is 1. The van der Waals surface area contributed by atoms with Crippen LogP contribution in [0.15, 0.2) is 29.2 Å². The summed E-state index contributed by atoms with van der Waals surface area (Å²) in [6.07, 6.45) is 4.77. The van der Waals surface area contributed by atoms with E-state index in [2.05, 4.69) is 43.4 Å². The molecule has 1 aromatic rings. The Hall–Kier alpha value is -0.960. The van der Waals surface area contributed by atoms with Gasteiger partial charge in [0, 0.05) is 10.9 Å². The third-order valence-electron chi connectivity index (χ3n) is 3.77. The molecule has 0 heterocycles. The third kappa shape index (κ3) is 4.90. The number of hydrogen-bond acceptors (Lipinski definition) is 2. The van der Waals surface area contributed by atoms with Crippen molar-refractivity contribution in [1.29, 1.82) is 0 Å². The van der Waals surface area contributed by atoms with E-state index < -0.39 is 0 Å². The van der Waals surface area contributed by atoms with Gasteiger partial charge in [0.15, 0.2) is 0 Å². The highest BCUT2D eigenvalue weighted by molar-refractivity contribution is 8.00. The lowest BCUT2D eigenvalue weighted by Crippen LogP contribution is -2.38. The van der Waals surface area contributed by atoms with Crippen LogP contribution in [0.25, 0.3) is 0 Å². The molecule has 3 heteroatoms. The van der Waals surface area contributed by atoms with Crippen molar-refractivity contribution in [2.75, 3.05) is 5.75 Å². The first-order valence-corrected chi connectivity index (χ1v) is 8.11. The molecule has 2 rings (SSSR count). The quantitative estimate of drug-likeness (QED) is 0.849. The molecule has 1 fully saturated rings. The van der Waals surface area contributed by atoms with E-state index in [1.807, 2.05) is 0 Å². The molecular weight excluding hydrogens is 254 g/mol. The zero-order valence-corrected chi connectivity index (χ0v) is 12.6. The summed E-state index contributed by atoms with van der Waals surface area (Å²) in [5, 5.41) is 3.16. The first kappa shape index (κ1) is 14.4. The van der Waals surface area contributed by atoms with E-state index in [0.29, 0.717) is 11.8 Å². The van der Waals surface area contributed by atoms with Gasteiger partial charge < -0.3 is 5.32 Å². The van der Waals surface area contributed by atoms with Crippen LogP contribution in [0, 0.1) is 12.8 Å². The first-order chi connectivity index (χ1) is 9.13. The van der Waals surface area contributed by atoms with E-state index in [1.54, 1.807) is 11.8 Å². The molecule has 0 saturated heterocycles. The lowest BCUT2D eigenvalue weighted by molar-refractivity contribution is -0.119. The van der Waals surface area contributed by atoms with Gasteiger partial charge >= 0.3 is 0 Å². The fraction of sp³-hybridized carbons (Fsp3) is 0.562. The van der Waals surface area contributed by atoms with Gasteiger partial charge in [-0.05, 0) is 50.7 Å². The van der Waals surface area contributed by atoms with Gasteiger partial charge in [-0.15, -0.1) is 11.8 Å². The van der Waals surface area contributed by atoms with Gasteiger partial charge in [0.2, 0.25) is 5.91 Å². The summed E-state index contributed by atoms with van der Waals surface area (Å²) in [4.78, 5) is 13.1. The maximum atomic E-state index is 11.9. The molecular formula is C16H23NOS. The van der Waals surface area contributed by atoms with Crippen LogP contribution in [-0.2, 0) is 4.79 Å². The van der Waals surface area contributed by atoms with Gasteiger partial charge in [-0.2, -0.15) is 0 Å². The van der Waals surface area contributed by atoms with Crippen molar-refractivity contribution >= 4 is 17.7 Å². The zero-order valence-electron chi connectivity index (χ0n) is 11.8. The Bertz CT molecular complexity index is 407. The van der Waals surface area contributed by atoms with Crippen molar-refractivity contribution in [3.05, 3.63) is 29.8 Å². The fourth-order valence-corrected chi connectivity index (χ4v) is 3.17. The minimum atomic E-state index is 0.171. The smallest absolute Gasteiger partial charge is 0.230 e. The summed E-state index contributed by atoms with van der Waals surface area (Å²) >= 11 is 1.61. The molecule has 1 aliphatic carbocycles. The zero-order chi connectivity index (χ0) is 13.7. The van der Waals surface area contributed by atoms with Crippen LogP contribution >= 0.6 is 11.8 Å². The third-order valence-corrected chi connectivity index (χ3v) is 4.78. The van der Waals surface area contributed by atoms with Crippen molar-refractivity contribution < 1.29 is 4.79 Å². The molecule has 1 aromatic carbocycles. The number of benzene rings is 1. The molecule has 0 radical (unpaired) electrons. The normalized spacial score (nSPS) is 23.1. The lowest BCUT2D eigenvalue weighted by Gasteiger charge is -2.26. The monoisotopic (exact) mass is 277 g/mol. The molecule has 0 atom stereocenters. The maximum absolute atomic E-state index is 11.9. The molecule has 104 valence electrons. The number of rotatable bonds is 4. The Labute approximate surface area is 120 Å². The van der Waals surface area contributed by atoms with Crippen LogP contribution in [0.1, 0.15) is 38.2 Å². The average Bonchev–Trinajstić information content (AvgIpc) is 2.41. The maximum Gasteiger partial charge on any atom is 0.230 e. The van der Waals surface area contributed by atoms with E-state index in [9.17, 15) is 4.79 Å². The molecule has 19 heavy (non-hydrogen) atoms. The second kappa shape index (κ2) is 6.99. The molecule has 0 aliphatic heterocycles. The molecule has 1 N–H and O–H groups in total. The Morgan fingerprint density at radius 1 is 1.21 bits per heavy atom. The first-order valence-electron chi connectivity index (χ1n) is 7.12. The molecule has 0 unspecified atom stereocenters. The summed E-state index contributed by atoms with van der Waals surface area (Å²) in [7, 11) is 0. The van der Waals surface area contributed by atoms with Gasteiger partial charge in [0.25, 0.3) is 0 Å². The molecule has 1 aliphatic rings. The topological polar surface area (TPSA) is 29.1 Å². The number of hydrogen-bond donors (Lipinski definition) is 1. The fourth-order valence-electron chi connectivity index (χ4n) is 2.46. The highest BCUT2D eigenvalue weighted by Crippen LogP contribution is 2.24. The molecule has 0 spiro atoms. The number of carbonyl (C=O) groups excluding carboxylic acids is 1. The van der Waals surface area contributed by atoms with Crippen molar-refractivity contribution in [1.82, 2.24) is 5.32 Å². The van der Waals surface area contributed by atoms with Crippen LogP contribution in [0.3, 0.4) is 0 Å². The highest BCUT2D eigenvalue weighted by Gasteiger charge is 2.19. The number of nitrogens with one attached hydrogen (secondary N) is 1. The summed E-state index contributed by atoms with van der Waals surface area (Å²) < 4.78 is 0. The van der Waals surface area contributed by atoms with Gasteiger partial charge in [-0.3, -0.25) is 4.79 Å². The number of amides is 1. The molecule has 1 saturated carbocycles. The van der Waals surface area contributed by atoms with Crippen LogP contribution in [-0.4, -0.2) is 17.7 Å². The van der Waals surface area contributed by atoms with Crippen molar-refractivity contribution in [2.24, 2.45) is 5.92 Å². The number of thioether (sulfide) groups is 1. The number of aryl methyl sites for hydroxylation is 1. The predicted octanol–water partition coefficient (Wildman–Crippen LogP) is 3.78. The van der Waals surface area contributed by atoms with E-state index in [-0.39, 0.29) is 5.91 Å². The van der Waals surface area contributed by atoms with Crippen LogP contribution < -0.4 is 5.32 Å². The summed E-state index contributed by atoms with van der Waals surface area (Å²) in [6, 6.07) is 8.73. The predicted molar refractivity (Wildman–Crippen MR) is 81.5 cm³/mol. The van der Waals surface area contributed by atoms with Crippen LogP contribution in [0.4, 0.5) is 0 Å². The molecule has 1 amide bonds. The Kier molecular flexibility index (Phi) is 5.32. The van der Waals surface area contributed by atoms with Crippen molar-refractivity contribution in [3.63, 3.8) is 0 Å². The van der Waals surface area contributed by atoms with E-state index in [1.165, 1.54) is 18.4 Å². The van der Waals surface area contributed by atoms with E-state index in [4.69, 9.17) is 0 Å². The second-order valence-corrected chi connectivity index (χ2v) is 6.67. The SMILES string of the molecule is Cc1ccc(SCC(=O)NC2CCC(C)CC2)cc1. The van der Waals surface area contributed by atoms with Gasteiger partial charge in [-0.1, -0.05) is 24.6 Å². The standard InChI is InChI=1S/C16H23NOS/c1-12-3-7-14(8-4-12)17-16(18)11-19-15-9-5-13(2)6-10-15/h5-6,9-10,12,14H,3-4,7-8,11H2,1-2H3,(H,17,18). The van der Waals surface area contributed by atoms with Crippen LogP contribution in [0.5, 0.6) is 0 Å². The summed E-state index contributed by atoms with van der Waals surface area (Å²) in [5.41, 5.74) is 1.25. The Morgan fingerprint density at radius 3 is 2.47 bits per heavy atom. The van der Waals surface area contributed by atoms with Gasteiger partial charge in [0.1, 0.15) is 0 Å². The van der Waals surface area contributed by atoms with E-state index >= 15 is 0 Å². The summed E-state index contributed by atoms with van der Waals surface area (Å²) in [5.74, 6) is 1.52. The molecule has 0 bridgehead atoms. The second-order valence-electron chi connectivity index (χ2n) is 5.63. The van der Waals surface area contributed by atoms with Gasteiger partial charge in [0.05, 0.1) is 5.75 Å². The minimum Gasteiger partial charge on any atom is -0.353 e. The van der Waals surface area contributed by atoms with Crippen LogP contribution in [0.2, 0.25) is 0 Å². The minimum absolute atomic E-state index is 0.171. The van der Waals surface area contributed by atoms with Crippen molar-refractivity contribution in [2.45, 2.75) is 50.5 Å². The Morgan fingerprint density at radius 2 is 1.84 bits per heavy atom. The molecule has 0 aromatic heterocycles. The highest BCUT2D eigenvalue weighted by atomic mass is 32.2. The van der Waals surface area contributed by atoms with Crippen molar-refractivity contribution in [3.8, 4) is 0 Å². The molecule has 2 nitrogen and oxygen atoms in total. The lowest BCUT2D eigenvalue weighted by atomic mass is 9.87. The Balaban J connectivity index is 1.71. The average molecular weight is 277 g/mol.